The molecule has 1 heterocycles. The molecule has 0 amide bonds. The van der Waals surface area contributed by atoms with Crippen LogP contribution in [-0.4, -0.2) is 50.5 Å². The number of hydrogen-bond donors (Lipinski definition) is 0. The van der Waals surface area contributed by atoms with Gasteiger partial charge in [0.1, 0.15) is 0 Å². The van der Waals surface area contributed by atoms with E-state index in [1.807, 2.05) is 0 Å². The molecule has 0 bridgehead atoms. The molecule has 3 heteroatoms. The standard InChI is InChI=1S/C13H27NO2/c1-13(2)16-11-6-10-15-12-9-14-7-4-3-5-8-14/h13H,3-12H2,1-2H3. The molecule has 0 spiro atoms. The molecule has 1 saturated heterocycles. The smallest absolute Gasteiger partial charge is 0.0593 e. The summed E-state index contributed by atoms with van der Waals surface area (Å²) < 4.78 is 11.0. The molecular formula is C13H27NO2. The van der Waals surface area contributed by atoms with Gasteiger partial charge in [-0.05, 0) is 46.2 Å². The van der Waals surface area contributed by atoms with Gasteiger partial charge in [0, 0.05) is 19.8 Å². The second-order valence-electron chi connectivity index (χ2n) is 4.79. The summed E-state index contributed by atoms with van der Waals surface area (Å²) in [6.07, 6.45) is 5.49. The van der Waals surface area contributed by atoms with Gasteiger partial charge in [-0.15, -0.1) is 0 Å². The zero-order chi connectivity index (χ0) is 11.6. The molecule has 1 aliphatic heterocycles. The highest BCUT2D eigenvalue weighted by Gasteiger charge is 2.08. The van der Waals surface area contributed by atoms with E-state index in [0.717, 1.165) is 32.8 Å². The minimum Gasteiger partial charge on any atom is -0.380 e. The van der Waals surface area contributed by atoms with Crippen molar-refractivity contribution in [1.82, 2.24) is 4.90 Å². The van der Waals surface area contributed by atoms with Crippen molar-refractivity contribution in [3.63, 3.8) is 0 Å². The molecule has 0 aromatic heterocycles. The highest BCUT2D eigenvalue weighted by Crippen LogP contribution is 2.07. The largest absolute Gasteiger partial charge is 0.380 e. The Morgan fingerprint density at radius 3 is 2.44 bits per heavy atom. The van der Waals surface area contributed by atoms with Crippen LogP contribution in [0, 0.1) is 0 Å². The van der Waals surface area contributed by atoms with Crippen LogP contribution in [0.4, 0.5) is 0 Å². The predicted octanol–water partition coefficient (Wildman–Crippen LogP) is 2.30. The summed E-state index contributed by atoms with van der Waals surface area (Å²) in [6, 6.07) is 0. The van der Waals surface area contributed by atoms with Crippen molar-refractivity contribution in [1.29, 1.82) is 0 Å². The molecule has 1 fully saturated rings. The van der Waals surface area contributed by atoms with Gasteiger partial charge in [0.15, 0.2) is 0 Å². The van der Waals surface area contributed by atoms with E-state index in [-0.39, 0.29) is 0 Å². The van der Waals surface area contributed by atoms with E-state index in [4.69, 9.17) is 9.47 Å². The molecular weight excluding hydrogens is 202 g/mol. The van der Waals surface area contributed by atoms with Crippen LogP contribution in [0.15, 0.2) is 0 Å². The van der Waals surface area contributed by atoms with Crippen LogP contribution in [-0.2, 0) is 9.47 Å². The van der Waals surface area contributed by atoms with Gasteiger partial charge in [-0.2, -0.15) is 0 Å². The van der Waals surface area contributed by atoms with E-state index >= 15 is 0 Å². The van der Waals surface area contributed by atoms with Crippen molar-refractivity contribution < 1.29 is 9.47 Å². The van der Waals surface area contributed by atoms with Gasteiger partial charge in [0.2, 0.25) is 0 Å². The lowest BCUT2D eigenvalue weighted by Gasteiger charge is -2.26. The van der Waals surface area contributed by atoms with Gasteiger partial charge in [-0.1, -0.05) is 6.42 Å². The number of rotatable bonds is 8. The maximum absolute atomic E-state index is 5.60. The SMILES string of the molecule is CC(C)OCCCOCCN1CCCCC1. The summed E-state index contributed by atoms with van der Waals surface area (Å²) in [7, 11) is 0. The lowest BCUT2D eigenvalue weighted by molar-refractivity contribution is 0.0448. The summed E-state index contributed by atoms with van der Waals surface area (Å²) in [5.74, 6) is 0. The van der Waals surface area contributed by atoms with Gasteiger partial charge in [-0.3, -0.25) is 0 Å². The average molecular weight is 229 g/mol. The van der Waals surface area contributed by atoms with Crippen LogP contribution in [0.2, 0.25) is 0 Å². The van der Waals surface area contributed by atoms with Crippen LogP contribution in [0.25, 0.3) is 0 Å². The molecule has 0 aromatic rings. The van der Waals surface area contributed by atoms with Crippen molar-refractivity contribution in [2.45, 2.75) is 45.6 Å². The topological polar surface area (TPSA) is 21.7 Å². The third kappa shape index (κ3) is 7.20. The Kier molecular flexibility index (Phi) is 7.81. The van der Waals surface area contributed by atoms with Crippen molar-refractivity contribution >= 4 is 0 Å². The van der Waals surface area contributed by atoms with Crippen molar-refractivity contribution in [2.75, 3.05) is 39.5 Å². The molecule has 3 nitrogen and oxygen atoms in total. The van der Waals surface area contributed by atoms with Gasteiger partial charge < -0.3 is 14.4 Å². The maximum atomic E-state index is 5.60. The first-order valence-corrected chi connectivity index (χ1v) is 6.71. The fraction of sp³-hybridized carbons (Fsp3) is 1.00. The first-order valence-electron chi connectivity index (χ1n) is 6.71. The number of hydrogen-bond acceptors (Lipinski definition) is 3. The zero-order valence-electron chi connectivity index (χ0n) is 10.9. The van der Waals surface area contributed by atoms with E-state index in [2.05, 4.69) is 18.7 Å². The van der Waals surface area contributed by atoms with Gasteiger partial charge in [-0.25, -0.2) is 0 Å². The van der Waals surface area contributed by atoms with E-state index in [9.17, 15) is 0 Å². The van der Waals surface area contributed by atoms with Gasteiger partial charge >= 0.3 is 0 Å². The highest BCUT2D eigenvalue weighted by molar-refractivity contribution is 4.63. The third-order valence-electron chi connectivity index (χ3n) is 2.88. The number of likely N-dealkylation sites (tertiary alicyclic amines) is 1. The molecule has 1 aliphatic rings. The third-order valence-corrected chi connectivity index (χ3v) is 2.88. The van der Waals surface area contributed by atoms with Crippen molar-refractivity contribution in [3.8, 4) is 0 Å². The van der Waals surface area contributed by atoms with Crippen molar-refractivity contribution in [3.05, 3.63) is 0 Å². The molecule has 1 rings (SSSR count). The highest BCUT2D eigenvalue weighted by atomic mass is 16.5. The minimum absolute atomic E-state index is 0.341. The Labute approximate surface area is 100 Å². The molecule has 0 N–H and O–H groups in total. The van der Waals surface area contributed by atoms with Crippen LogP contribution < -0.4 is 0 Å². The summed E-state index contributed by atoms with van der Waals surface area (Å²) in [5.41, 5.74) is 0. The Balaban J connectivity index is 1.80. The molecule has 0 aromatic carbocycles. The fourth-order valence-electron chi connectivity index (χ4n) is 1.96. The van der Waals surface area contributed by atoms with Crippen LogP contribution >= 0.6 is 0 Å². The predicted molar refractivity (Wildman–Crippen MR) is 66.8 cm³/mol. The van der Waals surface area contributed by atoms with E-state index in [1.165, 1.54) is 32.4 Å². The zero-order valence-corrected chi connectivity index (χ0v) is 10.9. The quantitative estimate of drug-likeness (QED) is 0.596. The molecule has 96 valence electrons. The molecule has 16 heavy (non-hydrogen) atoms. The molecule has 0 aliphatic carbocycles. The second-order valence-corrected chi connectivity index (χ2v) is 4.79. The van der Waals surface area contributed by atoms with Gasteiger partial charge in [0.05, 0.1) is 12.7 Å². The first-order chi connectivity index (χ1) is 7.79. The molecule has 0 saturated carbocycles. The Hall–Kier alpha value is -0.120. The number of piperidine rings is 1. The lowest BCUT2D eigenvalue weighted by atomic mass is 10.1. The minimum atomic E-state index is 0.341. The van der Waals surface area contributed by atoms with E-state index in [0.29, 0.717) is 6.10 Å². The Morgan fingerprint density at radius 2 is 1.75 bits per heavy atom. The monoisotopic (exact) mass is 229 g/mol. The van der Waals surface area contributed by atoms with E-state index in [1.54, 1.807) is 0 Å². The van der Waals surface area contributed by atoms with Crippen LogP contribution in [0.1, 0.15) is 39.5 Å². The average Bonchev–Trinajstić information content (AvgIpc) is 2.29. The molecule has 0 radical (unpaired) electrons. The van der Waals surface area contributed by atoms with Crippen LogP contribution in [0.3, 0.4) is 0 Å². The fourth-order valence-corrected chi connectivity index (χ4v) is 1.96. The Morgan fingerprint density at radius 1 is 1.00 bits per heavy atom. The summed E-state index contributed by atoms with van der Waals surface area (Å²) in [6.45, 7) is 10.3. The number of nitrogens with zero attached hydrogens (tertiary/aromatic N) is 1. The van der Waals surface area contributed by atoms with E-state index < -0.39 is 0 Å². The first kappa shape index (κ1) is 13.9. The second kappa shape index (κ2) is 8.97. The summed E-state index contributed by atoms with van der Waals surface area (Å²) >= 11 is 0. The number of ether oxygens (including phenoxy) is 2. The summed E-state index contributed by atoms with van der Waals surface area (Å²) in [5, 5.41) is 0. The normalized spacial score (nSPS) is 18.2. The van der Waals surface area contributed by atoms with Crippen molar-refractivity contribution in [2.24, 2.45) is 0 Å². The van der Waals surface area contributed by atoms with Crippen LogP contribution in [0.5, 0.6) is 0 Å². The molecule has 0 atom stereocenters. The lowest BCUT2D eigenvalue weighted by Crippen LogP contribution is -2.32. The van der Waals surface area contributed by atoms with Gasteiger partial charge in [0.25, 0.3) is 0 Å². The Bertz CT molecular complexity index is 156. The molecule has 0 unspecified atom stereocenters. The summed E-state index contributed by atoms with van der Waals surface area (Å²) in [4.78, 5) is 2.51. The maximum Gasteiger partial charge on any atom is 0.0593 e.